The summed E-state index contributed by atoms with van der Waals surface area (Å²) in [7, 11) is 3.16. The topological polar surface area (TPSA) is 97.2 Å². The van der Waals surface area contributed by atoms with Crippen LogP contribution in [0, 0.1) is 10.1 Å². The fraction of sp³-hybridized carbons (Fsp3) is 0.381. The van der Waals surface area contributed by atoms with Crippen molar-refractivity contribution in [2.45, 2.75) is 6.54 Å². The summed E-state index contributed by atoms with van der Waals surface area (Å²) in [6.07, 6.45) is 0. The van der Waals surface area contributed by atoms with E-state index in [4.69, 9.17) is 9.47 Å². The van der Waals surface area contributed by atoms with Gasteiger partial charge in [-0.05, 0) is 29.8 Å². The van der Waals surface area contributed by atoms with Crippen LogP contribution in [0.2, 0.25) is 0 Å². The quantitative estimate of drug-likeness (QED) is 0.522. The van der Waals surface area contributed by atoms with Crippen molar-refractivity contribution in [1.82, 2.24) is 10.2 Å². The summed E-state index contributed by atoms with van der Waals surface area (Å²) in [5, 5.41) is 13.7. The zero-order chi connectivity index (χ0) is 21.5. The second kappa shape index (κ2) is 9.93. The number of non-ortho nitro benzene ring substituents is 1. The molecule has 1 aliphatic heterocycles. The summed E-state index contributed by atoms with van der Waals surface area (Å²) in [5.74, 6) is 1.25. The number of rotatable bonds is 8. The lowest BCUT2D eigenvalue weighted by Gasteiger charge is -2.35. The van der Waals surface area contributed by atoms with Crippen LogP contribution in [-0.2, 0) is 11.3 Å². The summed E-state index contributed by atoms with van der Waals surface area (Å²) in [5.41, 5.74) is 1.98. The molecule has 2 aromatic rings. The number of nitrogens with one attached hydrogen (secondary N) is 1. The van der Waals surface area contributed by atoms with Crippen molar-refractivity contribution in [3.8, 4) is 11.5 Å². The Morgan fingerprint density at radius 3 is 2.30 bits per heavy atom. The number of amides is 1. The van der Waals surface area contributed by atoms with Gasteiger partial charge in [0.05, 0.1) is 25.7 Å². The zero-order valence-electron chi connectivity index (χ0n) is 17.2. The third-order valence-corrected chi connectivity index (χ3v) is 5.10. The predicted molar refractivity (Wildman–Crippen MR) is 113 cm³/mol. The Labute approximate surface area is 175 Å². The number of nitrogens with zero attached hydrogens (tertiary/aromatic N) is 3. The van der Waals surface area contributed by atoms with E-state index in [0.29, 0.717) is 24.6 Å². The van der Waals surface area contributed by atoms with Crippen LogP contribution >= 0.6 is 0 Å². The highest BCUT2D eigenvalue weighted by Gasteiger charge is 2.19. The highest BCUT2D eigenvalue weighted by atomic mass is 16.6. The molecule has 1 N–H and O–H groups in total. The number of nitro groups is 1. The first-order valence-corrected chi connectivity index (χ1v) is 9.69. The SMILES string of the molecule is COc1ccc(CNC(=O)CN2CCN(c3ccc([N+](=O)[O-])cc3)CC2)cc1OC. The fourth-order valence-electron chi connectivity index (χ4n) is 3.40. The first-order valence-electron chi connectivity index (χ1n) is 9.69. The van der Waals surface area contributed by atoms with E-state index in [9.17, 15) is 14.9 Å². The summed E-state index contributed by atoms with van der Waals surface area (Å²) in [4.78, 5) is 27.0. The molecule has 1 fully saturated rings. The largest absolute Gasteiger partial charge is 0.493 e. The lowest BCUT2D eigenvalue weighted by Crippen LogP contribution is -2.49. The molecule has 0 radical (unpaired) electrons. The molecule has 0 bridgehead atoms. The third kappa shape index (κ3) is 5.38. The van der Waals surface area contributed by atoms with Gasteiger partial charge in [0.15, 0.2) is 11.5 Å². The predicted octanol–water partition coefficient (Wildman–Crippen LogP) is 2.05. The molecule has 2 aromatic carbocycles. The lowest BCUT2D eigenvalue weighted by molar-refractivity contribution is -0.384. The number of nitro benzene ring substituents is 1. The molecule has 1 saturated heterocycles. The van der Waals surface area contributed by atoms with Crippen molar-refractivity contribution in [1.29, 1.82) is 0 Å². The molecular formula is C21H26N4O5. The number of hydrogen-bond donors (Lipinski definition) is 1. The number of hydrogen-bond acceptors (Lipinski definition) is 7. The van der Waals surface area contributed by atoms with Crippen molar-refractivity contribution < 1.29 is 19.2 Å². The van der Waals surface area contributed by atoms with Crippen molar-refractivity contribution in [3.63, 3.8) is 0 Å². The second-order valence-electron chi connectivity index (χ2n) is 7.00. The molecule has 9 heteroatoms. The van der Waals surface area contributed by atoms with Gasteiger partial charge in [0, 0.05) is 50.5 Å². The smallest absolute Gasteiger partial charge is 0.269 e. The van der Waals surface area contributed by atoms with Gasteiger partial charge in [-0.2, -0.15) is 0 Å². The van der Waals surface area contributed by atoms with E-state index in [2.05, 4.69) is 15.1 Å². The number of ether oxygens (including phenoxy) is 2. The second-order valence-corrected chi connectivity index (χ2v) is 7.00. The molecule has 1 heterocycles. The molecule has 0 atom stereocenters. The monoisotopic (exact) mass is 414 g/mol. The first kappa shape index (κ1) is 21.4. The van der Waals surface area contributed by atoms with E-state index in [0.717, 1.165) is 37.4 Å². The minimum absolute atomic E-state index is 0.0337. The van der Waals surface area contributed by atoms with Crippen LogP contribution in [0.15, 0.2) is 42.5 Å². The van der Waals surface area contributed by atoms with Gasteiger partial charge in [0.2, 0.25) is 5.91 Å². The van der Waals surface area contributed by atoms with Crippen LogP contribution in [0.25, 0.3) is 0 Å². The highest BCUT2D eigenvalue weighted by Crippen LogP contribution is 2.27. The Morgan fingerprint density at radius 2 is 1.70 bits per heavy atom. The minimum atomic E-state index is -0.400. The standard InChI is InChI=1S/C21H26N4O5/c1-29-19-8-3-16(13-20(19)30-2)14-22-21(26)15-23-9-11-24(12-10-23)17-4-6-18(7-5-17)25(27)28/h3-8,13H,9-12,14-15H2,1-2H3,(H,22,26). The van der Waals surface area contributed by atoms with Gasteiger partial charge in [-0.25, -0.2) is 0 Å². The maximum atomic E-state index is 12.3. The summed E-state index contributed by atoms with van der Waals surface area (Å²) < 4.78 is 10.5. The van der Waals surface area contributed by atoms with E-state index < -0.39 is 4.92 Å². The molecule has 0 unspecified atom stereocenters. The van der Waals surface area contributed by atoms with Crippen molar-refractivity contribution in [3.05, 3.63) is 58.1 Å². The average molecular weight is 414 g/mol. The molecule has 1 amide bonds. The van der Waals surface area contributed by atoms with E-state index >= 15 is 0 Å². The van der Waals surface area contributed by atoms with E-state index in [1.807, 2.05) is 18.2 Å². The van der Waals surface area contributed by atoms with Gasteiger partial charge in [-0.15, -0.1) is 0 Å². The van der Waals surface area contributed by atoms with Gasteiger partial charge >= 0.3 is 0 Å². The van der Waals surface area contributed by atoms with Crippen LogP contribution in [-0.4, -0.2) is 62.7 Å². The lowest BCUT2D eigenvalue weighted by atomic mass is 10.2. The van der Waals surface area contributed by atoms with Gasteiger partial charge in [-0.1, -0.05) is 6.07 Å². The fourth-order valence-corrected chi connectivity index (χ4v) is 3.40. The number of methoxy groups -OCH3 is 2. The molecule has 1 aliphatic rings. The van der Waals surface area contributed by atoms with Gasteiger partial charge in [0.1, 0.15) is 0 Å². The molecule has 9 nitrogen and oxygen atoms in total. The Bertz CT molecular complexity index is 879. The van der Waals surface area contributed by atoms with Crippen LogP contribution < -0.4 is 19.7 Å². The Balaban J connectivity index is 1.44. The van der Waals surface area contributed by atoms with Crippen LogP contribution in [0.5, 0.6) is 11.5 Å². The average Bonchev–Trinajstić information content (AvgIpc) is 2.78. The van der Waals surface area contributed by atoms with E-state index in [-0.39, 0.29) is 11.6 Å². The number of anilines is 1. The van der Waals surface area contributed by atoms with Gasteiger partial charge < -0.3 is 19.7 Å². The van der Waals surface area contributed by atoms with Crippen molar-refractivity contribution in [2.24, 2.45) is 0 Å². The Morgan fingerprint density at radius 1 is 1.03 bits per heavy atom. The van der Waals surface area contributed by atoms with Crippen molar-refractivity contribution in [2.75, 3.05) is 51.8 Å². The first-order chi connectivity index (χ1) is 14.5. The van der Waals surface area contributed by atoms with Crippen LogP contribution in [0.4, 0.5) is 11.4 Å². The molecule has 0 saturated carbocycles. The molecular weight excluding hydrogens is 388 g/mol. The molecule has 30 heavy (non-hydrogen) atoms. The van der Waals surface area contributed by atoms with Crippen molar-refractivity contribution >= 4 is 17.3 Å². The summed E-state index contributed by atoms with van der Waals surface area (Å²) >= 11 is 0. The van der Waals surface area contributed by atoms with Crippen LogP contribution in [0.3, 0.4) is 0 Å². The number of benzene rings is 2. The minimum Gasteiger partial charge on any atom is -0.493 e. The molecule has 3 rings (SSSR count). The Hall–Kier alpha value is -3.33. The van der Waals surface area contributed by atoms with E-state index in [1.54, 1.807) is 26.4 Å². The summed E-state index contributed by atoms with van der Waals surface area (Å²) in [6.45, 7) is 3.78. The number of carbonyl (C=O) groups excluding carboxylic acids is 1. The van der Waals surface area contributed by atoms with E-state index in [1.165, 1.54) is 12.1 Å². The number of piperazine rings is 1. The van der Waals surface area contributed by atoms with Crippen LogP contribution in [0.1, 0.15) is 5.56 Å². The maximum Gasteiger partial charge on any atom is 0.269 e. The Kier molecular flexibility index (Phi) is 7.08. The van der Waals surface area contributed by atoms with Gasteiger partial charge in [-0.3, -0.25) is 19.8 Å². The molecule has 0 aromatic heterocycles. The number of carbonyl (C=O) groups is 1. The maximum absolute atomic E-state index is 12.3. The van der Waals surface area contributed by atoms with Gasteiger partial charge in [0.25, 0.3) is 5.69 Å². The third-order valence-electron chi connectivity index (χ3n) is 5.10. The summed E-state index contributed by atoms with van der Waals surface area (Å²) in [6, 6.07) is 12.1. The molecule has 0 spiro atoms. The highest BCUT2D eigenvalue weighted by molar-refractivity contribution is 5.78. The molecule has 160 valence electrons. The molecule has 0 aliphatic carbocycles. The normalized spacial score (nSPS) is 14.3. The zero-order valence-corrected chi connectivity index (χ0v) is 17.2.